The standard InChI is InChI=1S/C36H35N9O4S/c46-33-9-8-31(35(48)42-33)44-20-26-27(36(44)49)21-50-32(26)17-39-34(47)18-37-23-4-3-5-25(14-23)43-12-10-24(11-13-43)45-19-22(15-40-45)30-16-38-28-6-1-2-7-29(28)41-30/h1-7,14-16,19,21,24,31,37H,8-13,17-18,20H2,(H,39,47)(H,42,46,48). The lowest BCUT2D eigenvalue weighted by atomic mass is 10.0. The molecule has 0 radical (unpaired) electrons. The molecule has 0 aliphatic carbocycles. The van der Waals surface area contributed by atoms with E-state index in [0.29, 0.717) is 31.1 Å². The molecule has 254 valence electrons. The molecule has 0 spiro atoms. The summed E-state index contributed by atoms with van der Waals surface area (Å²) in [5.74, 6) is -1.13. The fourth-order valence-corrected chi connectivity index (χ4v) is 7.92. The minimum atomic E-state index is -0.659. The van der Waals surface area contributed by atoms with Crippen molar-refractivity contribution in [2.45, 2.75) is 50.9 Å². The zero-order valence-corrected chi connectivity index (χ0v) is 28.0. The molecule has 0 saturated carbocycles. The number of anilines is 2. The number of para-hydroxylation sites is 2. The number of rotatable bonds is 9. The van der Waals surface area contributed by atoms with E-state index < -0.39 is 11.9 Å². The van der Waals surface area contributed by atoms with E-state index in [1.165, 1.54) is 16.2 Å². The summed E-state index contributed by atoms with van der Waals surface area (Å²) in [5, 5.41) is 15.0. The number of benzene rings is 2. The predicted molar refractivity (Wildman–Crippen MR) is 188 cm³/mol. The second kappa shape index (κ2) is 13.3. The monoisotopic (exact) mass is 689 g/mol. The molecule has 4 amide bonds. The number of thiophene rings is 1. The molecule has 2 aromatic carbocycles. The van der Waals surface area contributed by atoms with Gasteiger partial charge in [-0.2, -0.15) is 5.10 Å². The maximum absolute atomic E-state index is 13.0. The maximum Gasteiger partial charge on any atom is 0.256 e. The smallest absolute Gasteiger partial charge is 0.256 e. The van der Waals surface area contributed by atoms with Crippen LogP contribution in [0.25, 0.3) is 22.3 Å². The summed E-state index contributed by atoms with van der Waals surface area (Å²) < 4.78 is 2.05. The van der Waals surface area contributed by atoms with Crippen LogP contribution in [0.15, 0.2) is 72.5 Å². The Morgan fingerprint density at radius 3 is 2.68 bits per heavy atom. The van der Waals surface area contributed by atoms with Gasteiger partial charge in [-0.15, -0.1) is 11.3 Å². The lowest BCUT2D eigenvalue weighted by molar-refractivity contribution is -0.137. The summed E-state index contributed by atoms with van der Waals surface area (Å²) >= 11 is 1.43. The number of amides is 4. The highest BCUT2D eigenvalue weighted by molar-refractivity contribution is 7.10. The van der Waals surface area contributed by atoms with Crippen LogP contribution in [-0.2, 0) is 27.5 Å². The van der Waals surface area contributed by atoms with Crippen LogP contribution < -0.4 is 20.9 Å². The molecule has 3 aliphatic heterocycles. The molecule has 13 nitrogen and oxygen atoms in total. The number of piperidine rings is 2. The minimum absolute atomic E-state index is 0.101. The van der Waals surface area contributed by atoms with Crippen molar-refractivity contribution < 1.29 is 19.2 Å². The molecule has 0 bridgehead atoms. The predicted octanol–water partition coefficient (Wildman–Crippen LogP) is 3.89. The highest BCUT2D eigenvalue weighted by Crippen LogP contribution is 2.34. The lowest BCUT2D eigenvalue weighted by Gasteiger charge is -2.34. The van der Waals surface area contributed by atoms with E-state index >= 15 is 0 Å². The van der Waals surface area contributed by atoms with Crippen molar-refractivity contribution in [2.75, 3.05) is 29.9 Å². The summed E-state index contributed by atoms with van der Waals surface area (Å²) in [6.45, 7) is 2.45. The Hall–Kier alpha value is -5.63. The third kappa shape index (κ3) is 6.29. The van der Waals surface area contributed by atoms with E-state index in [0.717, 1.165) is 70.0 Å². The van der Waals surface area contributed by atoms with Crippen LogP contribution in [0.5, 0.6) is 0 Å². The molecule has 8 rings (SSSR count). The van der Waals surface area contributed by atoms with Crippen molar-refractivity contribution in [3.63, 3.8) is 0 Å². The van der Waals surface area contributed by atoms with E-state index in [4.69, 9.17) is 4.98 Å². The third-order valence-electron chi connectivity index (χ3n) is 9.68. The van der Waals surface area contributed by atoms with Crippen LogP contribution in [0.4, 0.5) is 11.4 Å². The number of fused-ring (bicyclic) bond motifs is 2. The number of hydrogen-bond acceptors (Lipinski definition) is 10. The van der Waals surface area contributed by atoms with Crippen LogP contribution in [-0.4, -0.2) is 74.0 Å². The zero-order valence-electron chi connectivity index (χ0n) is 27.2. The molecule has 3 aliphatic rings. The molecule has 3 aromatic heterocycles. The Morgan fingerprint density at radius 2 is 1.84 bits per heavy atom. The number of carbonyl (C=O) groups excluding carboxylic acids is 4. The molecule has 50 heavy (non-hydrogen) atoms. The van der Waals surface area contributed by atoms with Gasteiger partial charge in [0.1, 0.15) is 6.04 Å². The summed E-state index contributed by atoms with van der Waals surface area (Å²) in [7, 11) is 0. The first-order valence-electron chi connectivity index (χ1n) is 16.8. The van der Waals surface area contributed by atoms with Crippen LogP contribution in [0.1, 0.15) is 52.5 Å². The molecule has 2 saturated heterocycles. The second-order valence-corrected chi connectivity index (χ2v) is 13.8. The Kier molecular flexibility index (Phi) is 8.44. The number of nitrogens with one attached hydrogen (secondary N) is 3. The minimum Gasteiger partial charge on any atom is -0.376 e. The van der Waals surface area contributed by atoms with Crippen molar-refractivity contribution in [1.29, 1.82) is 0 Å². The number of carbonyl (C=O) groups is 4. The first kappa shape index (κ1) is 31.6. The SMILES string of the molecule is O=C(CNc1cccc(N2CCC(n3cc(-c4cnc5ccccc5n4)cn3)CC2)c1)NCc1scc2c1CN(C1CCC(=O)NC1=O)C2=O. The fraction of sp³-hybridized carbons (Fsp3) is 0.306. The first-order valence-corrected chi connectivity index (χ1v) is 17.6. The average Bonchev–Trinajstić information content (AvgIpc) is 3.87. The van der Waals surface area contributed by atoms with E-state index in [-0.39, 0.29) is 30.7 Å². The van der Waals surface area contributed by atoms with Gasteiger partial charge >= 0.3 is 0 Å². The highest BCUT2D eigenvalue weighted by atomic mass is 32.1. The van der Waals surface area contributed by atoms with Gasteiger partial charge in [0, 0.05) is 59.4 Å². The van der Waals surface area contributed by atoms with Crippen molar-refractivity contribution in [3.8, 4) is 11.3 Å². The van der Waals surface area contributed by atoms with Crippen LogP contribution in [0.3, 0.4) is 0 Å². The molecular formula is C36H35N9O4S. The van der Waals surface area contributed by atoms with Gasteiger partial charge in [-0.3, -0.25) is 34.2 Å². The van der Waals surface area contributed by atoms with Crippen molar-refractivity contribution in [2.24, 2.45) is 0 Å². The Morgan fingerprint density at radius 1 is 1.00 bits per heavy atom. The van der Waals surface area contributed by atoms with E-state index in [2.05, 4.69) is 53.9 Å². The van der Waals surface area contributed by atoms with E-state index in [9.17, 15) is 19.2 Å². The Bertz CT molecular complexity index is 2120. The molecular weight excluding hydrogens is 655 g/mol. The Labute approximate surface area is 291 Å². The number of hydrogen-bond donors (Lipinski definition) is 3. The summed E-state index contributed by atoms with van der Waals surface area (Å²) in [4.78, 5) is 63.8. The Balaban J connectivity index is 0.818. The molecule has 14 heteroatoms. The van der Waals surface area contributed by atoms with Gasteiger partial charge < -0.3 is 20.4 Å². The number of nitrogens with zero attached hydrogens (tertiary/aromatic N) is 6. The van der Waals surface area contributed by atoms with E-state index in [1.807, 2.05) is 42.6 Å². The van der Waals surface area contributed by atoms with Gasteiger partial charge in [-0.25, -0.2) is 4.98 Å². The molecule has 6 heterocycles. The molecule has 3 N–H and O–H groups in total. The van der Waals surface area contributed by atoms with Gasteiger partial charge in [0.05, 0.1) is 53.8 Å². The molecule has 1 atom stereocenters. The number of imide groups is 1. The first-order chi connectivity index (χ1) is 24.4. The summed E-state index contributed by atoms with van der Waals surface area (Å²) in [6, 6.07) is 15.6. The van der Waals surface area contributed by atoms with E-state index in [1.54, 1.807) is 11.6 Å². The lowest BCUT2D eigenvalue weighted by Crippen LogP contribution is -2.52. The van der Waals surface area contributed by atoms with Crippen molar-refractivity contribution in [3.05, 3.63) is 88.5 Å². The normalized spacial score (nSPS) is 18.0. The summed E-state index contributed by atoms with van der Waals surface area (Å²) in [6.07, 6.45) is 8.16. The fourth-order valence-electron chi connectivity index (χ4n) is 6.94. The molecule has 1 unspecified atom stereocenters. The van der Waals surface area contributed by atoms with Crippen LogP contribution >= 0.6 is 11.3 Å². The van der Waals surface area contributed by atoms with Gasteiger partial charge in [0.15, 0.2) is 0 Å². The number of aromatic nitrogens is 4. The van der Waals surface area contributed by atoms with Gasteiger partial charge in [-0.05, 0) is 55.2 Å². The third-order valence-corrected chi connectivity index (χ3v) is 10.7. The van der Waals surface area contributed by atoms with Gasteiger partial charge in [-0.1, -0.05) is 18.2 Å². The zero-order chi connectivity index (χ0) is 34.2. The topological polar surface area (TPSA) is 154 Å². The maximum atomic E-state index is 13.0. The highest BCUT2D eigenvalue weighted by Gasteiger charge is 2.40. The molecule has 2 fully saturated rings. The van der Waals surface area contributed by atoms with Crippen LogP contribution in [0, 0.1) is 0 Å². The van der Waals surface area contributed by atoms with Crippen molar-refractivity contribution >= 4 is 57.4 Å². The van der Waals surface area contributed by atoms with Gasteiger partial charge in [0.2, 0.25) is 17.7 Å². The largest absolute Gasteiger partial charge is 0.376 e. The summed E-state index contributed by atoms with van der Waals surface area (Å²) in [5.41, 5.74) is 6.86. The average molecular weight is 690 g/mol. The van der Waals surface area contributed by atoms with Gasteiger partial charge in [0.25, 0.3) is 5.91 Å². The molecule has 5 aromatic rings. The van der Waals surface area contributed by atoms with Crippen molar-refractivity contribution in [1.82, 2.24) is 35.3 Å². The second-order valence-electron chi connectivity index (χ2n) is 12.8. The quantitative estimate of drug-likeness (QED) is 0.196. The van der Waals surface area contributed by atoms with Crippen LogP contribution in [0.2, 0.25) is 0 Å².